The van der Waals surface area contributed by atoms with Crippen LogP contribution < -0.4 is 10.1 Å². The number of carbonyl (C=O) groups is 1. The average molecular weight is 406 g/mol. The maximum absolute atomic E-state index is 13.9. The monoisotopic (exact) mass is 406 g/mol. The molecule has 0 aliphatic rings. The fraction of sp³-hybridized carbons (Fsp3) is 0.111. The van der Waals surface area contributed by atoms with Gasteiger partial charge in [-0.2, -0.15) is 0 Å². The lowest BCUT2D eigenvalue weighted by molar-refractivity contribution is 0.102. The summed E-state index contributed by atoms with van der Waals surface area (Å²) < 4.78 is 42.2. The number of thiazole rings is 1. The summed E-state index contributed by atoms with van der Waals surface area (Å²) in [6.07, 6.45) is 1.01. The Balaban J connectivity index is 1.82. The van der Waals surface area contributed by atoms with Crippen LogP contribution in [0.4, 0.5) is 10.1 Å². The van der Waals surface area contributed by atoms with E-state index in [1.165, 1.54) is 11.3 Å². The van der Waals surface area contributed by atoms with Gasteiger partial charge in [0.25, 0.3) is 5.91 Å². The molecule has 2 aromatic carbocycles. The standard InChI is InChI=1S/C18H15FN2O4S2/c1-25-12-5-3-11(4-6-12)18-21-16(10-26-18)17(22)20-15-9-13(27(2,23)24)7-8-14(15)19/h3-10H,1-2H3,(H,20,22). The minimum Gasteiger partial charge on any atom is -0.497 e. The molecule has 1 N–H and O–H groups in total. The van der Waals surface area contributed by atoms with Crippen molar-refractivity contribution in [3.8, 4) is 16.3 Å². The third-order valence-electron chi connectivity index (χ3n) is 3.69. The Morgan fingerprint density at radius 2 is 1.89 bits per heavy atom. The molecule has 1 amide bonds. The minimum atomic E-state index is -3.52. The number of hydrogen-bond donors (Lipinski definition) is 1. The highest BCUT2D eigenvalue weighted by atomic mass is 32.2. The Bertz CT molecular complexity index is 1090. The molecule has 0 aliphatic carbocycles. The van der Waals surface area contributed by atoms with Gasteiger partial charge >= 0.3 is 0 Å². The van der Waals surface area contributed by atoms with Gasteiger partial charge in [-0.3, -0.25) is 4.79 Å². The van der Waals surface area contributed by atoms with Gasteiger partial charge in [0, 0.05) is 17.2 Å². The molecule has 0 saturated heterocycles. The highest BCUT2D eigenvalue weighted by Crippen LogP contribution is 2.26. The SMILES string of the molecule is COc1ccc(-c2nc(C(=O)Nc3cc(S(C)(=O)=O)ccc3F)cs2)cc1. The number of anilines is 1. The van der Waals surface area contributed by atoms with E-state index in [2.05, 4.69) is 10.3 Å². The molecule has 0 saturated carbocycles. The summed E-state index contributed by atoms with van der Waals surface area (Å²) in [5.41, 5.74) is 0.696. The zero-order valence-electron chi connectivity index (χ0n) is 14.4. The summed E-state index contributed by atoms with van der Waals surface area (Å²) in [6, 6.07) is 10.4. The van der Waals surface area contributed by atoms with Gasteiger partial charge in [-0.1, -0.05) is 0 Å². The third-order valence-corrected chi connectivity index (χ3v) is 5.69. The van der Waals surface area contributed by atoms with Crippen molar-refractivity contribution in [2.75, 3.05) is 18.7 Å². The summed E-state index contributed by atoms with van der Waals surface area (Å²) in [5.74, 6) is -0.661. The summed E-state index contributed by atoms with van der Waals surface area (Å²) in [5, 5.41) is 4.54. The number of carbonyl (C=O) groups excluding carboxylic acids is 1. The minimum absolute atomic E-state index is 0.0867. The summed E-state index contributed by atoms with van der Waals surface area (Å²) in [6.45, 7) is 0. The largest absolute Gasteiger partial charge is 0.497 e. The number of hydrogen-bond acceptors (Lipinski definition) is 6. The number of ether oxygens (including phenoxy) is 1. The third kappa shape index (κ3) is 4.32. The molecule has 1 aromatic heterocycles. The van der Waals surface area contributed by atoms with Gasteiger partial charge in [-0.25, -0.2) is 17.8 Å². The van der Waals surface area contributed by atoms with Crippen LogP contribution in [0.15, 0.2) is 52.7 Å². The number of methoxy groups -OCH3 is 1. The Labute approximate surface area is 159 Å². The van der Waals surface area contributed by atoms with Crippen LogP contribution in [0, 0.1) is 5.82 Å². The fourth-order valence-corrected chi connectivity index (χ4v) is 3.71. The molecule has 6 nitrogen and oxygen atoms in total. The van der Waals surface area contributed by atoms with Crippen LogP contribution in [0.5, 0.6) is 5.75 Å². The molecule has 0 unspecified atom stereocenters. The first-order chi connectivity index (χ1) is 12.8. The first kappa shape index (κ1) is 19.0. The predicted molar refractivity (Wildman–Crippen MR) is 102 cm³/mol. The van der Waals surface area contributed by atoms with Crippen LogP contribution in [0.2, 0.25) is 0 Å². The second kappa shape index (κ2) is 7.45. The van der Waals surface area contributed by atoms with E-state index in [1.54, 1.807) is 24.6 Å². The zero-order valence-corrected chi connectivity index (χ0v) is 16.0. The lowest BCUT2D eigenvalue weighted by Crippen LogP contribution is -2.14. The normalized spacial score (nSPS) is 11.2. The van der Waals surface area contributed by atoms with Crippen LogP contribution in [-0.4, -0.2) is 32.7 Å². The van der Waals surface area contributed by atoms with E-state index in [4.69, 9.17) is 4.74 Å². The topological polar surface area (TPSA) is 85.4 Å². The van der Waals surface area contributed by atoms with E-state index < -0.39 is 21.6 Å². The van der Waals surface area contributed by atoms with Crippen LogP contribution in [0.1, 0.15) is 10.5 Å². The smallest absolute Gasteiger partial charge is 0.275 e. The Morgan fingerprint density at radius 3 is 2.52 bits per heavy atom. The van der Waals surface area contributed by atoms with Crippen LogP contribution >= 0.6 is 11.3 Å². The van der Waals surface area contributed by atoms with Crippen molar-refractivity contribution in [3.63, 3.8) is 0 Å². The fourth-order valence-electron chi connectivity index (χ4n) is 2.26. The van der Waals surface area contributed by atoms with Gasteiger partial charge in [0.2, 0.25) is 0 Å². The number of amides is 1. The quantitative estimate of drug-likeness (QED) is 0.654. The molecule has 0 fully saturated rings. The van der Waals surface area contributed by atoms with E-state index >= 15 is 0 Å². The number of halogens is 1. The molecule has 3 aromatic rings. The Morgan fingerprint density at radius 1 is 1.19 bits per heavy atom. The molecular weight excluding hydrogens is 391 g/mol. The zero-order chi connectivity index (χ0) is 19.6. The summed E-state index contributed by atoms with van der Waals surface area (Å²) in [7, 11) is -1.95. The van der Waals surface area contributed by atoms with Crippen molar-refractivity contribution in [1.29, 1.82) is 0 Å². The van der Waals surface area contributed by atoms with Crippen LogP contribution in [0.3, 0.4) is 0 Å². The van der Waals surface area contributed by atoms with E-state index in [-0.39, 0.29) is 16.3 Å². The maximum Gasteiger partial charge on any atom is 0.275 e. The highest BCUT2D eigenvalue weighted by Gasteiger charge is 2.16. The van der Waals surface area contributed by atoms with Gasteiger partial charge in [0.15, 0.2) is 9.84 Å². The van der Waals surface area contributed by atoms with Crippen molar-refractivity contribution in [3.05, 3.63) is 59.4 Å². The second-order valence-corrected chi connectivity index (χ2v) is 8.51. The molecule has 0 atom stereocenters. The van der Waals surface area contributed by atoms with E-state index in [0.29, 0.717) is 10.8 Å². The molecule has 9 heteroatoms. The molecule has 0 aliphatic heterocycles. The first-order valence-electron chi connectivity index (χ1n) is 7.69. The van der Waals surface area contributed by atoms with Gasteiger partial charge < -0.3 is 10.1 Å². The van der Waals surface area contributed by atoms with Crippen LogP contribution in [-0.2, 0) is 9.84 Å². The van der Waals surface area contributed by atoms with Crippen molar-refractivity contribution in [1.82, 2.24) is 4.98 Å². The first-order valence-corrected chi connectivity index (χ1v) is 10.5. The molecule has 0 bridgehead atoms. The molecule has 140 valence electrons. The molecule has 0 radical (unpaired) electrons. The van der Waals surface area contributed by atoms with E-state index in [1.807, 2.05) is 12.1 Å². The molecule has 27 heavy (non-hydrogen) atoms. The molecule has 1 heterocycles. The van der Waals surface area contributed by atoms with Gasteiger partial charge in [-0.05, 0) is 42.5 Å². The summed E-state index contributed by atoms with van der Waals surface area (Å²) >= 11 is 1.26. The number of sulfone groups is 1. The molecular formula is C18H15FN2O4S2. The second-order valence-electron chi connectivity index (χ2n) is 5.63. The lowest BCUT2D eigenvalue weighted by atomic mass is 10.2. The number of aromatic nitrogens is 1. The predicted octanol–water partition coefficient (Wildman–Crippen LogP) is 3.61. The number of nitrogens with one attached hydrogen (secondary N) is 1. The lowest BCUT2D eigenvalue weighted by Gasteiger charge is -2.07. The van der Waals surface area contributed by atoms with Crippen LogP contribution in [0.25, 0.3) is 10.6 Å². The van der Waals surface area contributed by atoms with Gasteiger partial charge in [-0.15, -0.1) is 11.3 Å². The molecule has 0 spiro atoms. The van der Waals surface area contributed by atoms with E-state index in [9.17, 15) is 17.6 Å². The van der Waals surface area contributed by atoms with Crippen molar-refractivity contribution in [2.45, 2.75) is 4.90 Å². The van der Waals surface area contributed by atoms with Gasteiger partial charge in [0.05, 0.1) is 17.7 Å². The Hall–Kier alpha value is -2.78. The number of nitrogens with zero attached hydrogens (tertiary/aromatic N) is 1. The van der Waals surface area contributed by atoms with Gasteiger partial charge in [0.1, 0.15) is 22.3 Å². The summed E-state index contributed by atoms with van der Waals surface area (Å²) in [4.78, 5) is 16.5. The van der Waals surface area contributed by atoms with Crippen molar-refractivity contribution < 1.29 is 22.3 Å². The van der Waals surface area contributed by atoms with Crippen molar-refractivity contribution in [2.24, 2.45) is 0 Å². The molecule has 3 rings (SSSR count). The highest BCUT2D eigenvalue weighted by molar-refractivity contribution is 7.90. The Kier molecular flexibility index (Phi) is 5.24. The van der Waals surface area contributed by atoms with Crippen molar-refractivity contribution >= 4 is 32.8 Å². The average Bonchev–Trinajstić information content (AvgIpc) is 3.13. The maximum atomic E-state index is 13.9. The number of rotatable bonds is 5. The van der Waals surface area contributed by atoms with E-state index in [0.717, 1.165) is 30.0 Å². The number of benzene rings is 2.